The van der Waals surface area contributed by atoms with E-state index in [1.807, 2.05) is 16.8 Å². The highest BCUT2D eigenvalue weighted by Gasteiger charge is 2.25. The first-order valence-electron chi connectivity index (χ1n) is 9.44. The molecule has 0 aliphatic carbocycles. The normalized spacial score (nSPS) is 15.5. The van der Waals surface area contributed by atoms with Crippen molar-refractivity contribution in [3.63, 3.8) is 0 Å². The minimum absolute atomic E-state index is 0.0752. The maximum atomic E-state index is 9.12. The Morgan fingerprint density at radius 1 is 1.11 bits per heavy atom. The predicted octanol–water partition coefficient (Wildman–Crippen LogP) is 3.58. The van der Waals surface area contributed by atoms with E-state index in [4.69, 9.17) is 9.84 Å². The molecule has 1 aliphatic heterocycles. The van der Waals surface area contributed by atoms with E-state index < -0.39 is 0 Å². The van der Waals surface area contributed by atoms with E-state index in [2.05, 4.69) is 64.8 Å². The monoisotopic (exact) mass is 376 g/mol. The van der Waals surface area contributed by atoms with Gasteiger partial charge in [0.05, 0.1) is 7.11 Å². The third-order valence-corrected chi connectivity index (χ3v) is 4.89. The van der Waals surface area contributed by atoms with Crippen molar-refractivity contribution in [3.05, 3.63) is 77.1 Å². The van der Waals surface area contributed by atoms with Gasteiger partial charge in [-0.05, 0) is 42.7 Å². The van der Waals surface area contributed by atoms with Crippen molar-refractivity contribution in [2.45, 2.75) is 25.8 Å². The first-order chi connectivity index (χ1) is 13.7. The molecule has 2 N–H and O–H groups in total. The summed E-state index contributed by atoms with van der Waals surface area (Å²) < 4.78 is 7.20. The highest BCUT2D eigenvalue weighted by atomic mass is 16.5. The molecule has 1 unspecified atom stereocenters. The molecule has 2 aromatic carbocycles. The average molecular weight is 376 g/mol. The summed E-state index contributed by atoms with van der Waals surface area (Å²) in [5, 5.41) is 17.2. The van der Waals surface area contributed by atoms with Gasteiger partial charge < -0.3 is 15.2 Å². The molecule has 28 heavy (non-hydrogen) atoms. The molecule has 0 spiro atoms. The van der Waals surface area contributed by atoms with Gasteiger partial charge in [-0.2, -0.15) is 10.1 Å². The molecule has 6 nitrogen and oxygen atoms in total. The Bertz CT molecular complexity index is 975. The van der Waals surface area contributed by atoms with Crippen LogP contribution in [0.3, 0.4) is 0 Å². The highest BCUT2D eigenvalue weighted by molar-refractivity contribution is 5.77. The minimum atomic E-state index is -0.0752. The maximum absolute atomic E-state index is 9.12. The van der Waals surface area contributed by atoms with Crippen LogP contribution in [0.2, 0.25) is 0 Å². The Balaban J connectivity index is 1.75. The van der Waals surface area contributed by atoms with Crippen LogP contribution in [0, 0.1) is 6.92 Å². The number of allylic oxidation sites excluding steroid dienone is 1. The number of aliphatic hydroxyl groups is 1. The van der Waals surface area contributed by atoms with Crippen molar-refractivity contribution in [1.82, 2.24) is 14.8 Å². The molecule has 1 aliphatic rings. The lowest BCUT2D eigenvalue weighted by Gasteiger charge is -2.24. The average Bonchev–Trinajstić information content (AvgIpc) is 3.15. The van der Waals surface area contributed by atoms with Gasteiger partial charge in [-0.15, -0.1) is 0 Å². The number of anilines is 1. The van der Waals surface area contributed by atoms with Gasteiger partial charge in [0.2, 0.25) is 5.95 Å². The zero-order valence-electron chi connectivity index (χ0n) is 16.1. The van der Waals surface area contributed by atoms with Gasteiger partial charge in [-0.3, -0.25) is 0 Å². The molecule has 0 fully saturated rings. The van der Waals surface area contributed by atoms with Crippen LogP contribution in [0.25, 0.3) is 5.70 Å². The number of hydrogen-bond donors (Lipinski definition) is 2. The summed E-state index contributed by atoms with van der Waals surface area (Å²) in [5.74, 6) is 2.27. The van der Waals surface area contributed by atoms with Crippen LogP contribution < -0.4 is 10.1 Å². The largest absolute Gasteiger partial charge is 0.497 e. The Morgan fingerprint density at radius 3 is 2.54 bits per heavy atom. The van der Waals surface area contributed by atoms with E-state index in [-0.39, 0.29) is 12.6 Å². The molecule has 1 aromatic heterocycles. The van der Waals surface area contributed by atoms with Gasteiger partial charge in [0.25, 0.3) is 0 Å². The second-order valence-electron chi connectivity index (χ2n) is 6.91. The van der Waals surface area contributed by atoms with Gasteiger partial charge in [-0.1, -0.05) is 42.0 Å². The summed E-state index contributed by atoms with van der Waals surface area (Å²) in [4.78, 5) is 4.66. The topological polar surface area (TPSA) is 72.2 Å². The Hall–Kier alpha value is -3.12. The van der Waals surface area contributed by atoms with Crippen LogP contribution in [0.5, 0.6) is 5.75 Å². The van der Waals surface area contributed by atoms with E-state index in [1.54, 1.807) is 7.11 Å². The molecular weight excluding hydrogens is 352 g/mol. The number of aromatic nitrogens is 3. The first-order valence-corrected chi connectivity index (χ1v) is 9.44. The Morgan fingerprint density at radius 2 is 1.86 bits per heavy atom. The molecule has 144 valence electrons. The molecule has 1 atom stereocenters. The lowest BCUT2D eigenvalue weighted by Crippen LogP contribution is -2.20. The second kappa shape index (κ2) is 7.86. The SMILES string of the molecule is COc1ccc(C2C=C(c3ccc(C)cc3)Nc3nc(CCCO)nn32)cc1. The van der Waals surface area contributed by atoms with E-state index in [0.29, 0.717) is 18.8 Å². The van der Waals surface area contributed by atoms with Gasteiger partial charge in [0, 0.05) is 18.7 Å². The van der Waals surface area contributed by atoms with Crippen LogP contribution in [-0.4, -0.2) is 33.6 Å². The van der Waals surface area contributed by atoms with Crippen molar-refractivity contribution >= 4 is 11.6 Å². The number of methoxy groups -OCH3 is 1. The zero-order chi connectivity index (χ0) is 19.5. The van der Waals surface area contributed by atoms with E-state index in [1.165, 1.54) is 5.56 Å². The van der Waals surface area contributed by atoms with E-state index in [0.717, 1.165) is 28.4 Å². The van der Waals surface area contributed by atoms with Crippen LogP contribution in [0.15, 0.2) is 54.6 Å². The van der Waals surface area contributed by atoms with Crippen LogP contribution in [-0.2, 0) is 6.42 Å². The van der Waals surface area contributed by atoms with Crippen LogP contribution in [0.1, 0.15) is 35.0 Å². The molecule has 0 radical (unpaired) electrons. The van der Waals surface area contributed by atoms with Crippen molar-refractivity contribution in [3.8, 4) is 5.75 Å². The number of ether oxygens (including phenoxy) is 1. The van der Waals surface area contributed by atoms with Crippen LogP contribution in [0.4, 0.5) is 5.95 Å². The summed E-state index contributed by atoms with van der Waals surface area (Å²) in [6.07, 6.45) is 3.46. The fourth-order valence-electron chi connectivity index (χ4n) is 3.32. The lowest BCUT2D eigenvalue weighted by atomic mass is 10.0. The summed E-state index contributed by atoms with van der Waals surface area (Å²) in [7, 11) is 1.66. The summed E-state index contributed by atoms with van der Waals surface area (Å²) in [6, 6.07) is 16.4. The molecule has 6 heteroatoms. The van der Waals surface area contributed by atoms with Crippen molar-refractivity contribution in [2.24, 2.45) is 0 Å². The molecule has 2 heterocycles. The predicted molar refractivity (Wildman–Crippen MR) is 109 cm³/mol. The maximum Gasteiger partial charge on any atom is 0.226 e. The lowest BCUT2D eigenvalue weighted by molar-refractivity contribution is 0.287. The van der Waals surface area contributed by atoms with Crippen molar-refractivity contribution in [2.75, 3.05) is 19.0 Å². The van der Waals surface area contributed by atoms with Gasteiger partial charge in [-0.25, -0.2) is 4.68 Å². The number of hydrogen-bond acceptors (Lipinski definition) is 5. The quantitative estimate of drug-likeness (QED) is 0.688. The zero-order valence-corrected chi connectivity index (χ0v) is 16.1. The smallest absolute Gasteiger partial charge is 0.226 e. The number of aliphatic hydroxyl groups excluding tert-OH is 1. The fraction of sp³-hybridized carbons (Fsp3) is 0.273. The molecule has 0 saturated carbocycles. The molecule has 0 saturated heterocycles. The highest BCUT2D eigenvalue weighted by Crippen LogP contribution is 2.33. The van der Waals surface area contributed by atoms with Gasteiger partial charge in [0.1, 0.15) is 11.8 Å². The number of nitrogens with zero attached hydrogens (tertiary/aromatic N) is 3. The standard InChI is InChI=1S/C22H24N4O2/c1-15-5-7-16(8-6-15)19-14-20(17-9-11-18(28-2)12-10-17)26-22(23-19)24-21(25-26)4-3-13-27/h5-12,14,20,27H,3-4,13H2,1-2H3,(H,23,24,25). The summed E-state index contributed by atoms with van der Waals surface area (Å²) >= 11 is 0. The van der Waals surface area contributed by atoms with Gasteiger partial charge >= 0.3 is 0 Å². The summed E-state index contributed by atoms with van der Waals surface area (Å²) in [5.41, 5.74) is 4.44. The number of aryl methyl sites for hydroxylation is 2. The Kier molecular flexibility index (Phi) is 5.12. The second-order valence-corrected chi connectivity index (χ2v) is 6.91. The fourth-order valence-corrected chi connectivity index (χ4v) is 3.32. The summed E-state index contributed by atoms with van der Waals surface area (Å²) in [6.45, 7) is 2.21. The van der Waals surface area contributed by atoms with Crippen LogP contribution >= 0.6 is 0 Å². The molecule has 0 amide bonds. The Labute approximate surface area is 164 Å². The third kappa shape index (κ3) is 3.64. The van der Waals surface area contributed by atoms with E-state index in [9.17, 15) is 0 Å². The minimum Gasteiger partial charge on any atom is -0.497 e. The third-order valence-electron chi connectivity index (χ3n) is 4.89. The first kappa shape index (κ1) is 18.3. The number of fused-ring (bicyclic) bond motifs is 1. The molecule has 3 aromatic rings. The number of benzene rings is 2. The van der Waals surface area contributed by atoms with Gasteiger partial charge in [0.15, 0.2) is 5.82 Å². The van der Waals surface area contributed by atoms with Crippen molar-refractivity contribution in [1.29, 1.82) is 0 Å². The molecular formula is C22H24N4O2. The van der Waals surface area contributed by atoms with Crippen molar-refractivity contribution < 1.29 is 9.84 Å². The molecule has 4 rings (SSSR count). The molecule has 0 bridgehead atoms. The number of rotatable bonds is 6. The number of nitrogens with one attached hydrogen (secondary N) is 1. The van der Waals surface area contributed by atoms with E-state index >= 15 is 0 Å².